The molecule has 4 rings (SSSR count). The van der Waals surface area contributed by atoms with Crippen molar-refractivity contribution in [2.45, 2.75) is 19.1 Å². The van der Waals surface area contributed by atoms with Crippen LogP contribution in [-0.4, -0.2) is 51.0 Å². The molecule has 3 aromatic carbocycles. The Morgan fingerprint density at radius 1 is 0.971 bits per heavy atom. The normalized spacial score (nSPS) is 13.6. The minimum Gasteiger partial charge on any atom is -0.493 e. The molecule has 3 aromatic rings. The SMILES string of the molecule is COc1cccc(OC)c1OCC(O)CNC(=O)c1ccc(N2CCc3ccccc3C2)cc1. The molecule has 2 N–H and O–H groups in total. The van der Waals surface area contributed by atoms with Crippen LogP contribution < -0.4 is 24.4 Å². The van der Waals surface area contributed by atoms with E-state index in [1.54, 1.807) is 18.2 Å². The number of hydrogen-bond acceptors (Lipinski definition) is 6. The van der Waals surface area contributed by atoms with Gasteiger partial charge in [0.25, 0.3) is 5.91 Å². The molecule has 178 valence electrons. The number of carbonyl (C=O) groups excluding carboxylic acids is 1. The van der Waals surface area contributed by atoms with Crippen LogP contribution in [0.3, 0.4) is 0 Å². The highest BCUT2D eigenvalue weighted by atomic mass is 16.5. The van der Waals surface area contributed by atoms with Crippen LogP contribution in [0.4, 0.5) is 5.69 Å². The summed E-state index contributed by atoms with van der Waals surface area (Å²) in [7, 11) is 3.07. The van der Waals surface area contributed by atoms with Crippen LogP contribution in [0, 0.1) is 0 Å². The van der Waals surface area contributed by atoms with Crippen LogP contribution in [0.1, 0.15) is 21.5 Å². The highest BCUT2D eigenvalue weighted by Crippen LogP contribution is 2.36. The Morgan fingerprint density at radius 2 is 1.65 bits per heavy atom. The third kappa shape index (κ3) is 5.43. The molecular weight excluding hydrogens is 432 g/mol. The van der Waals surface area contributed by atoms with Crippen molar-refractivity contribution in [3.63, 3.8) is 0 Å². The van der Waals surface area contributed by atoms with E-state index in [-0.39, 0.29) is 19.1 Å². The Bertz CT molecular complexity index is 1090. The number of para-hydroxylation sites is 1. The maximum atomic E-state index is 12.6. The largest absolute Gasteiger partial charge is 0.493 e. The van der Waals surface area contributed by atoms with Crippen molar-refractivity contribution in [3.05, 3.63) is 83.4 Å². The quantitative estimate of drug-likeness (QED) is 0.507. The number of nitrogens with one attached hydrogen (secondary N) is 1. The first-order chi connectivity index (χ1) is 16.6. The molecule has 0 spiro atoms. The number of hydrogen-bond donors (Lipinski definition) is 2. The zero-order valence-electron chi connectivity index (χ0n) is 19.5. The first-order valence-electron chi connectivity index (χ1n) is 11.3. The van der Waals surface area contributed by atoms with Crippen molar-refractivity contribution >= 4 is 11.6 Å². The van der Waals surface area contributed by atoms with Gasteiger partial charge in [-0.05, 0) is 53.9 Å². The van der Waals surface area contributed by atoms with Crippen LogP contribution in [-0.2, 0) is 13.0 Å². The zero-order chi connectivity index (χ0) is 23.9. The summed E-state index contributed by atoms with van der Waals surface area (Å²) in [4.78, 5) is 14.9. The molecule has 1 atom stereocenters. The van der Waals surface area contributed by atoms with Crippen molar-refractivity contribution in [2.24, 2.45) is 0 Å². The van der Waals surface area contributed by atoms with E-state index in [0.29, 0.717) is 22.8 Å². The lowest BCUT2D eigenvalue weighted by Crippen LogP contribution is -2.35. The number of ether oxygens (including phenoxy) is 3. The second-order valence-corrected chi connectivity index (χ2v) is 8.15. The topological polar surface area (TPSA) is 80.3 Å². The monoisotopic (exact) mass is 462 g/mol. The number of rotatable bonds is 9. The molecular formula is C27H30N2O5. The molecule has 1 amide bonds. The number of amides is 1. The van der Waals surface area contributed by atoms with E-state index in [1.165, 1.54) is 25.3 Å². The van der Waals surface area contributed by atoms with Gasteiger partial charge < -0.3 is 29.5 Å². The average molecular weight is 463 g/mol. The minimum absolute atomic E-state index is 0.0214. The van der Waals surface area contributed by atoms with Crippen LogP contribution in [0.15, 0.2) is 66.7 Å². The summed E-state index contributed by atoms with van der Waals surface area (Å²) in [5.74, 6) is 1.18. The molecule has 0 saturated heterocycles. The first kappa shape index (κ1) is 23.4. The number of aliphatic hydroxyl groups is 1. The Morgan fingerprint density at radius 3 is 2.32 bits per heavy atom. The van der Waals surface area contributed by atoms with Gasteiger partial charge >= 0.3 is 0 Å². The molecule has 0 aromatic heterocycles. The molecule has 1 aliphatic rings. The van der Waals surface area contributed by atoms with Crippen LogP contribution >= 0.6 is 0 Å². The van der Waals surface area contributed by atoms with Gasteiger partial charge in [0.15, 0.2) is 11.5 Å². The predicted molar refractivity (Wildman–Crippen MR) is 131 cm³/mol. The highest BCUT2D eigenvalue weighted by molar-refractivity contribution is 5.94. The van der Waals surface area contributed by atoms with Gasteiger partial charge in [-0.3, -0.25) is 4.79 Å². The van der Waals surface area contributed by atoms with Gasteiger partial charge in [0.2, 0.25) is 5.75 Å². The number of aliphatic hydroxyl groups excluding tert-OH is 1. The molecule has 0 saturated carbocycles. The van der Waals surface area contributed by atoms with Crippen molar-refractivity contribution in [3.8, 4) is 17.2 Å². The number of methoxy groups -OCH3 is 2. The predicted octanol–water partition coefficient (Wildman–Crippen LogP) is 3.44. The van der Waals surface area contributed by atoms with E-state index in [4.69, 9.17) is 14.2 Å². The second-order valence-electron chi connectivity index (χ2n) is 8.15. The number of carbonyl (C=O) groups is 1. The minimum atomic E-state index is -0.897. The lowest BCUT2D eigenvalue weighted by Gasteiger charge is -2.30. The van der Waals surface area contributed by atoms with E-state index in [9.17, 15) is 9.90 Å². The molecule has 0 fully saturated rings. The van der Waals surface area contributed by atoms with Crippen molar-refractivity contribution in [2.75, 3.05) is 38.8 Å². The van der Waals surface area contributed by atoms with Gasteiger partial charge in [-0.1, -0.05) is 30.3 Å². The fourth-order valence-electron chi connectivity index (χ4n) is 4.05. The first-order valence-corrected chi connectivity index (χ1v) is 11.3. The number of nitrogens with zero attached hydrogens (tertiary/aromatic N) is 1. The van der Waals surface area contributed by atoms with Gasteiger partial charge in [-0.15, -0.1) is 0 Å². The molecule has 7 heteroatoms. The lowest BCUT2D eigenvalue weighted by atomic mass is 9.99. The van der Waals surface area contributed by atoms with E-state index in [0.717, 1.165) is 25.2 Å². The van der Waals surface area contributed by atoms with E-state index >= 15 is 0 Å². The van der Waals surface area contributed by atoms with Gasteiger partial charge in [0.1, 0.15) is 12.7 Å². The summed E-state index contributed by atoms with van der Waals surface area (Å²) in [6.07, 6.45) is 0.116. The van der Waals surface area contributed by atoms with Crippen LogP contribution in [0.2, 0.25) is 0 Å². The Kier molecular flexibility index (Phi) is 7.54. The third-order valence-corrected chi connectivity index (χ3v) is 5.93. The third-order valence-electron chi connectivity index (χ3n) is 5.93. The van der Waals surface area contributed by atoms with Crippen molar-refractivity contribution < 1.29 is 24.1 Å². The molecule has 0 aliphatic carbocycles. The molecule has 0 bridgehead atoms. The zero-order valence-corrected chi connectivity index (χ0v) is 19.5. The molecule has 1 unspecified atom stereocenters. The van der Waals surface area contributed by atoms with E-state index in [2.05, 4.69) is 34.5 Å². The Hall–Kier alpha value is -3.71. The van der Waals surface area contributed by atoms with Gasteiger partial charge in [0.05, 0.1) is 14.2 Å². The summed E-state index contributed by atoms with van der Waals surface area (Å²) in [6.45, 7) is 1.85. The number of anilines is 1. The maximum absolute atomic E-state index is 12.6. The Balaban J connectivity index is 1.28. The number of fused-ring (bicyclic) bond motifs is 1. The summed E-state index contributed by atoms with van der Waals surface area (Å²) in [5, 5.41) is 13.1. The second kappa shape index (κ2) is 10.9. The maximum Gasteiger partial charge on any atom is 0.251 e. The van der Waals surface area contributed by atoms with E-state index < -0.39 is 6.10 Å². The fraction of sp³-hybridized carbons (Fsp3) is 0.296. The van der Waals surface area contributed by atoms with Crippen LogP contribution in [0.25, 0.3) is 0 Å². The molecule has 34 heavy (non-hydrogen) atoms. The van der Waals surface area contributed by atoms with Gasteiger partial charge in [0, 0.05) is 30.9 Å². The molecule has 1 aliphatic heterocycles. The smallest absolute Gasteiger partial charge is 0.251 e. The highest BCUT2D eigenvalue weighted by Gasteiger charge is 2.17. The summed E-state index contributed by atoms with van der Waals surface area (Å²) in [6, 6.07) is 21.4. The van der Waals surface area contributed by atoms with Crippen molar-refractivity contribution in [1.82, 2.24) is 5.32 Å². The summed E-state index contributed by atoms with van der Waals surface area (Å²) < 4.78 is 16.3. The summed E-state index contributed by atoms with van der Waals surface area (Å²) >= 11 is 0. The summed E-state index contributed by atoms with van der Waals surface area (Å²) in [5.41, 5.74) is 4.38. The Labute approximate surface area is 199 Å². The van der Waals surface area contributed by atoms with Crippen molar-refractivity contribution in [1.29, 1.82) is 0 Å². The van der Waals surface area contributed by atoms with Gasteiger partial charge in [-0.2, -0.15) is 0 Å². The molecule has 1 heterocycles. The standard InChI is InChI=1S/C27H30N2O5/c1-32-24-8-5-9-25(33-2)26(24)34-18-23(30)16-28-27(31)20-10-12-22(13-11-20)29-15-14-19-6-3-4-7-21(19)17-29/h3-13,23,30H,14-18H2,1-2H3,(H,28,31). The van der Waals surface area contributed by atoms with Crippen LogP contribution in [0.5, 0.6) is 17.2 Å². The van der Waals surface area contributed by atoms with E-state index in [1.807, 2.05) is 24.3 Å². The molecule has 0 radical (unpaired) electrons. The van der Waals surface area contributed by atoms with Gasteiger partial charge in [-0.25, -0.2) is 0 Å². The lowest BCUT2D eigenvalue weighted by molar-refractivity contribution is 0.0833. The fourth-order valence-corrected chi connectivity index (χ4v) is 4.05. The molecule has 7 nitrogen and oxygen atoms in total. The average Bonchev–Trinajstić information content (AvgIpc) is 2.90. The number of benzene rings is 3.